The molecule has 8 N–H and O–H groups in total. The number of aromatic nitrogens is 3. The molecule has 18 heteroatoms. The number of para-hydroxylation sites is 2. The van der Waals surface area contributed by atoms with Gasteiger partial charge in [-0.2, -0.15) is 0 Å². The molecule has 0 bridgehead atoms. The Balaban J connectivity index is 0.783. The third-order valence-corrected chi connectivity index (χ3v) is 12.1. The van der Waals surface area contributed by atoms with Gasteiger partial charge in [-0.05, 0) is 68.6 Å². The van der Waals surface area contributed by atoms with Crippen LogP contribution in [0.5, 0.6) is 0 Å². The largest absolute Gasteiger partial charge is 0.401 e. The number of nitrogens with two attached hydrogens (primary N) is 2. The van der Waals surface area contributed by atoms with Gasteiger partial charge >= 0.3 is 0 Å². The van der Waals surface area contributed by atoms with Crippen LogP contribution in [0.25, 0.3) is 33.0 Å². The summed E-state index contributed by atoms with van der Waals surface area (Å²) in [5, 5.41) is 11.1. The van der Waals surface area contributed by atoms with Crippen molar-refractivity contribution in [2.45, 2.75) is 51.5 Å². The zero-order valence-electron chi connectivity index (χ0n) is 36.1. The number of nitrogens with zero attached hydrogens (tertiary/aromatic N) is 6. The van der Waals surface area contributed by atoms with Crippen LogP contribution in [-0.4, -0.2) is 118 Å². The zero-order valence-corrected chi connectivity index (χ0v) is 36.1. The molecule has 18 nitrogen and oxygen atoms in total. The van der Waals surface area contributed by atoms with Gasteiger partial charge in [0.2, 0.25) is 24.2 Å². The van der Waals surface area contributed by atoms with Crippen molar-refractivity contribution in [1.29, 1.82) is 0 Å². The predicted molar refractivity (Wildman–Crippen MR) is 246 cm³/mol. The summed E-state index contributed by atoms with van der Waals surface area (Å²) in [4.78, 5) is 94.1. The molecule has 8 rings (SSSR count). The van der Waals surface area contributed by atoms with Gasteiger partial charge in [0.1, 0.15) is 6.04 Å². The average molecular weight is 881 g/mol. The number of imide groups is 3. The van der Waals surface area contributed by atoms with Crippen molar-refractivity contribution in [3.8, 4) is 0 Å². The van der Waals surface area contributed by atoms with Crippen LogP contribution in [0.4, 0.5) is 11.6 Å². The lowest BCUT2D eigenvalue weighted by atomic mass is 9.97. The van der Waals surface area contributed by atoms with Crippen molar-refractivity contribution >= 4 is 80.5 Å². The molecule has 0 radical (unpaired) electrons. The minimum absolute atomic E-state index is 0.0514. The first-order valence-corrected chi connectivity index (χ1v) is 21.8. The Labute approximate surface area is 375 Å². The van der Waals surface area contributed by atoms with Gasteiger partial charge in [-0.15, -0.1) is 0 Å². The van der Waals surface area contributed by atoms with E-state index in [2.05, 4.69) is 30.7 Å². The molecule has 5 heterocycles. The Morgan fingerprint density at radius 1 is 0.908 bits per heavy atom. The number of hydrazine groups is 1. The maximum absolute atomic E-state index is 13.5. The number of piperidine rings is 1. The quantitative estimate of drug-likeness (QED) is 0.0259. The molecule has 3 aliphatic rings. The van der Waals surface area contributed by atoms with E-state index in [0.717, 1.165) is 60.4 Å². The number of unbranched alkanes of at least 4 members (excludes halogenated alkanes) is 2. The van der Waals surface area contributed by atoms with Gasteiger partial charge in [0.05, 0.1) is 22.4 Å². The fourth-order valence-corrected chi connectivity index (χ4v) is 8.65. The highest BCUT2D eigenvalue weighted by Crippen LogP contribution is 2.37. The van der Waals surface area contributed by atoms with Crippen molar-refractivity contribution < 1.29 is 28.8 Å². The van der Waals surface area contributed by atoms with E-state index in [9.17, 15) is 28.8 Å². The van der Waals surface area contributed by atoms with E-state index in [1.54, 1.807) is 42.5 Å². The molecular weight excluding hydrogens is 829 g/mol. The zero-order chi connectivity index (χ0) is 45.6. The summed E-state index contributed by atoms with van der Waals surface area (Å²) in [5.41, 5.74) is 11.8. The third-order valence-electron chi connectivity index (χ3n) is 12.1. The number of aromatic amines is 1. The predicted octanol–water partition coefficient (Wildman–Crippen LogP) is 3.16. The highest BCUT2D eigenvalue weighted by molar-refractivity contribution is 6.50. The number of benzene rings is 3. The molecular formula is C47H52N12O6. The Bertz CT molecular complexity index is 2740. The average Bonchev–Trinajstić information content (AvgIpc) is 3.85. The highest BCUT2D eigenvalue weighted by atomic mass is 16.2. The normalized spacial score (nSPS) is 17.2. The number of amides is 6. The third kappa shape index (κ3) is 9.73. The van der Waals surface area contributed by atoms with Crippen molar-refractivity contribution in [1.82, 2.24) is 40.4 Å². The summed E-state index contributed by atoms with van der Waals surface area (Å²) in [6.45, 7) is 6.94. The van der Waals surface area contributed by atoms with Crippen LogP contribution in [0.2, 0.25) is 0 Å². The summed E-state index contributed by atoms with van der Waals surface area (Å²) >= 11 is 0. The number of fused-ring (bicyclic) bond motifs is 2. The molecule has 336 valence electrons. The molecule has 2 aromatic heterocycles. The van der Waals surface area contributed by atoms with Crippen molar-refractivity contribution in [3.05, 3.63) is 107 Å². The van der Waals surface area contributed by atoms with Crippen LogP contribution in [0, 0.1) is 6.92 Å². The number of H-pyrrole nitrogens is 1. The second-order valence-electron chi connectivity index (χ2n) is 16.5. The minimum Gasteiger partial charge on any atom is -0.401 e. The number of aryl methyl sites for hydroxylation is 1. The maximum atomic E-state index is 13.5. The molecule has 0 spiro atoms. The molecule has 3 aliphatic heterocycles. The molecule has 65 heavy (non-hydrogen) atoms. The summed E-state index contributed by atoms with van der Waals surface area (Å²) in [6, 6.07) is 19.3. The van der Waals surface area contributed by atoms with Crippen LogP contribution < -0.4 is 32.4 Å². The lowest BCUT2D eigenvalue weighted by Crippen LogP contribution is -2.53. The first kappa shape index (κ1) is 44.2. The monoisotopic (exact) mass is 880 g/mol. The van der Waals surface area contributed by atoms with Gasteiger partial charge in [0.25, 0.3) is 17.7 Å². The van der Waals surface area contributed by atoms with Crippen LogP contribution >= 0.6 is 0 Å². The van der Waals surface area contributed by atoms with Gasteiger partial charge in [0, 0.05) is 103 Å². The standard InChI is InChI=1S/C47H52N12O6/c1-29-25-31(13-14-32(29)46(65)59(28-60)38-15-16-39(61)53-43(38)62)50-18-17-30(48)27-58(49)20-8-2-7-19-56-21-23-57(24-22-56)47-52-37-12-6-4-10-34(37)42(54-47)41-40(44(63)55-45(41)64)35-26-51-36-11-5-3-9-33(35)36/h3-6,9-14,25-28,38,50-51H,2,7-8,15-24,48-49H2,1H3,(H,53,61,62)(H,55,63,64)/b30-27-. The van der Waals surface area contributed by atoms with Crippen LogP contribution in [-0.2, 0) is 24.0 Å². The van der Waals surface area contributed by atoms with Gasteiger partial charge in [-0.3, -0.25) is 49.2 Å². The van der Waals surface area contributed by atoms with Crippen molar-refractivity contribution in [2.75, 3.05) is 56.0 Å². The summed E-state index contributed by atoms with van der Waals surface area (Å²) in [7, 11) is 0. The SMILES string of the molecule is Cc1cc(NCC/C(N)=C/N(N)CCCCCN2CCN(c3nc(C4=C(c5c[nH]c6ccccc56)C(=O)NC4=O)c4ccccc4n3)CC2)ccc1C(=O)N(C=O)C1CCC(=O)NC1=O. The van der Waals surface area contributed by atoms with Crippen molar-refractivity contribution in [2.24, 2.45) is 11.6 Å². The molecule has 2 fully saturated rings. The van der Waals surface area contributed by atoms with Gasteiger partial charge < -0.3 is 25.9 Å². The van der Waals surface area contributed by atoms with E-state index in [-0.39, 0.29) is 24.0 Å². The van der Waals surface area contributed by atoms with E-state index < -0.39 is 35.6 Å². The van der Waals surface area contributed by atoms with Crippen molar-refractivity contribution in [3.63, 3.8) is 0 Å². The number of carbonyl (C=O) groups is 6. The number of carbonyl (C=O) groups excluding carboxylic acids is 6. The second-order valence-corrected chi connectivity index (χ2v) is 16.5. The van der Waals surface area contributed by atoms with Crippen LogP contribution in [0.1, 0.15) is 65.7 Å². The van der Waals surface area contributed by atoms with Gasteiger partial charge in [-0.1, -0.05) is 42.8 Å². The number of hydrogen-bond acceptors (Lipinski definition) is 14. The molecule has 1 atom stereocenters. The number of nitrogens with one attached hydrogen (secondary N) is 4. The van der Waals surface area contributed by atoms with Crippen LogP contribution in [0.3, 0.4) is 0 Å². The Hall–Kier alpha value is -7.44. The van der Waals surface area contributed by atoms with Gasteiger partial charge in [-0.25, -0.2) is 15.8 Å². The smallest absolute Gasteiger partial charge is 0.261 e. The summed E-state index contributed by atoms with van der Waals surface area (Å²) in [6.07, 6.45) is 7.40. The lowest BCUT2D eigenvalue weighted by Gasteiger charge is -2.35. The molecule has 0 aliphatic carbocycles. The lowest BCUT2D eigenvalue weighted by molar-refractivity contribution is -0.139. The highest BCUT2D eigenvalue weighted by Gasteiger charge is 2.37. The summed E-state index contributed by atoms with van der Waals surface area (Å²) < 4.78 is 0. The first-order valence-electron chi connectivity index (χ1n) is 21.8. The fraction of sp³-hybridized carbons (Fsp3) is 0.319. The molecule has 0 saturated carbocycles. The Kier molecular flexibility index (Phi) is 13.3. The Morgan fingerprint density at radius 3 is 2.43 bits per heavy atom. The molecule has 3 aromatic carbocycles. The Morgan fingerprint density at radius 2 is 1.66 bits per heavy atom. The topological polar surface area (TPSA) is 245 Å². The second kappa shape index (κ2) is 19.5. The number of piperazine rings is 1. The van der Waals surface area contributed by atoms with Crippen LogP contribution in [0.15, 0.2) is 84.8 Å². The van der Waals surface area contributed by atoms with E-state index in [4.69, 9.17) is 21.5 Å². The first-order chi connectivity index (χ1) is 31.5. The van der Waals surface area contributed by atoms with E-state index in [1.807, 2.05) is 48.5 Å². The maximum Gasteiger partial charge on any atom is 0.261 e. The van der Waals surface area contributed by atoms with Gasteiger partial charge in [0.15, 0.2) is 0 Å². The number of hydrogen-bond donors (Lipinski definition) is 6. The molecule has 5 aromatic rings. The minimum atomic E-state index is -1.03. The van der Waals surface area contributed by atoms with E-state index in [0.29, 0.717) is 84.0 Å². The molecule has 6 amide bonds. The number of rotatable bonds is 17. The fourth-order valence-electron chi connectivity index (χ4n) is 8.65. The number of anilines is 2. The summed E-state index contributed by atoms with van der Waals surface area (Å²) in [5.74, 6) is 4.16. The molecule has 1 unspecified atom stereocenters. The van der Waals surface area contributed by atoms with E-state index in [1.165, 1.54) is 0 Å². The van der Waals surface area contributed by atoms with E-state index >= 15 is 0 Å². The molecule has 2 saturated heterocycles.